The number of imidazole rings is 1. The zero-order valence-electron chi connectivity index (χ0n) is 13.7. The van der Waals surface area contributed by atoms with E-state index in [1.807, 2.05) is 36.7 Å². The lowest BCUT2D eigenvalue weighted by molar-refractivity contribution is 0.487. The Bertz CT molecular complexity index is 1210. The van der Waals surface area contributed by atoms with Gasteiger partial charge in [-0.15, -0.1) is 0 Å². The molecule has 4 rings (SSSR count). The normalized spacial score (nSPS) is 11.9. The van der Waals surface area contributed by atoms with E-state index in [1.165, 1.54) is 6.07 Å². The molecule has 2 heterocycles. The zero-order valence-corrected chi connectivity index (χ0v) is 14.5. The van der Waals surface area contributed by atoms with Crippen molar-refractivity contribution in [2.45, 2.75) is 11.8 Å². The summed E-state index contributed by atoms with van der Waals surface area (Å²) in [5, 5.41) is 0.746. The second-order valence-corrected chi connectivity index (χ2v) is 7.34. The summed E-state index contributed by atoms with van der Waals surface area (Å²) in [6.45, 7) is 1.82. The van der Waals surface area contributed by atoms with Crippen LogP contribution in [-0.4, -0.2) is 23.0 Å². The van der Waals surface area contributed by atoms with Gasteiger partial charge in [0.05, 0.1) is 22.9 Å². The number of nitrogens with zero attached hydrogens (tertiary/aromatic N) is 3. The Labute approximate surface area is 144 Å². The third-order valence-electron chi connectivity index (χ3n) is 3.99. The molecule has 0 saturated carbocycles. The van der Waals surface area contributed by atoms with Crippen LogP contribution in [-0.2, 0) is 17.2 Å². The van der Waals surface area contributed by atoms with E-state index in [0.29, 0.717) is 11.0 Å². The Balaban J connectivity index is 1.80. The van der Waals surface area contributed by atoms with Crippen molar-refractivity contribution in [2.75, 3.05) is 0 Å². The molecule has 7 heteroatoms. The second-order valence-electron chi connectivity index (χ2n) is 5.82. The maximum atomic E-state index is 12.8. The SMILES string of the molecule is Cc1ccc2cccc(S(=O)(=O)Oc3ccc4c(c3)ncn4C)c2n1. The molecule has 0 aliphatic heterocycles. The number of aromatic nitrogens is 3. The lowest BCUT2D eigenvalue weighted by atomic mass is 10.2. The van der Waals surface area contributed by atoms with Crippen molar-refractivity contribution < 1.29 is 12.6 Å². The molecule has 0 radical (unpaired) electrons. The Kier molecular flexibility index (Phi) is 3.47. The fourth-order valence-corrected chi connectivity index (χ4v) is 3.85. The molecule has 0 spiro atoms. The summed E-state index contributed by atoms with van der Waals surface area (Å²) in [4.78, 5) is 8.63. The van der Waals surface area contributed by atoms with E-state index in [9.17, 15) is 8.42 Å². The molecule has 0 aliphatic rings. The third kappa shape index (κ3) is 2.72. The highest BCUT2D eigenvalue weighted by atomic mass is 32.2. The summed E-state index contributed by atoms with van der Waals surface area (Å²) >= 11 is 0. The van der Waals surface area contributed by atoms with Gasteiger partial charge in [-0.05, 0) is 31.2 Å². The molecule has 6 nitrogen and oxygen atoms in total. The first-order valence-corrected chi connectivity index (χ1v) is 9.07. The fraction of sp³-hybridized carbons (Fsp3) is 0.111. The van der Waals surface area contributed by atoms with Crippen LogP contribution in [0.25, 0.3) is 21.9 Å². The van der Waals surface area contributed by atoms with Crippen molar-refractivity contribution >= 4 is 32.1 Å². The topological polar surface area (TPSA) is 74.1 Å². The van der Waals surface area contributed by atoms with Gasteiger partial charge in [-0.1, -0.05) is 18.2 Å². The van der Waals surface area contributed by atoms with Gasteiger partial charge in [-0.25, -0.2) is 4.98 Å². The monoisotopic (exact) mass is 353 g/mol. The number of rotatable bonds is 3. The number of hydrogen-bond acceptors (Lipinski definition) is 5. The van der Waals surface area contributed by atoms with Crippen molar-refractivity contribution in [3.05, 3.63) is 60.6 Å². The molecule has 0 atom stereocenters. The standard InChI is InChI=1S/C18H15N3O3S/c1-12-6-7-13-4-3-5-17(18(13)20-12)25(22,23)24-14-8-9-16-15(10-14)19-11-21(16)2/h3-11H,1-2H3. The molecular weight excluding hydrogens is 338 g/mol. The molecule has 0 unspecified atom stereocenters. The van der Waals surface area contributed by atoms with Crippen molar-refractivity contribution in [3.63, 3.8) is 0 Å². The molecule has 0 amide bonds. The lowest BCUT2D eigenvalue weighted by Gasteiger charge is -2.09. The smallest absolute Gasteiger partial charge is 0.341 e. The Morgan fingerprint density at radius 1 is 1.08 bits per heavy atom. The van der Waals surface area contributed by atoms with Gasteiger partial charge < -0.3 is 8.75 Å². The predicted octanol–water partition coefficient (Wildman–Crippen LogP) is 3.20. The Morgan fingerprint density at radius 3 is 2.76 bits per heavy atom. The number of benzene rings is 2. The Morgan fingerprint density at radius 2 is 1.92 bits per heavy atom. The van der Waals surface area contributed by atoms with Gasteiger partial charge >= 0.3 is 10.1 Å². The molecule has 0 fully saturated rings. The molecule has 2 aromatic carbocycles. The van der Waals surface area contributed by atoms with Gasteiger partial charge in [-0.3, -0.25) is 4.98 Å². The number of hydrogen-bond donors (Lipinski definition) is 0. The van der Waals surface area contributed by atoms with Crippen LogP contribution in [0.3, 0.4) is 0 Å². The minimum absolute atomic E-state index is 0.0508. The van der Waals surface area contributed by atoms with Gasteiger partial charge in [0.15, 0.2) is 0 Å². The van der Waals surface area contributed by atoms with E-state index in [-0.39, 0.29) is 10.6 Å². The zero-order chi connectivity index (χ0) is 17.6. The maximum absolute atomic E-state index is 12.8. The summed E-state index contributed by atoms with van der Waals surface area (Å²) in [6, 6.07) is 13.7. The lowest BCUT2D eigenvalue weighted by Crippen LogP contribution is -2.11. The van der Waals surface area contributed by atoms with Crippen LogP contribution in [0.4, 0.5) is 0 Å². The highest BCUT2D eigenvalue weighted by molar-refractivity contribution is 7.87. The molecule has 25 heavy (non-hydrogen) atoms. The highest BCUT2D eigenvalue weighted by Gasteiger charge is 2.21. The highest BCUT2D eigenvalue weighted by Crippen LogP contribution is 2.26. The van der Waals surface area contributed by atoms with Crippen LogP contribution in [0, 0.1) is 6.92 Å². The fourth-order valence-electron chi connectivity index (χ4n) is 2.76. The van der Waals surface area contributed by atoms with Crippen LogP contribution >= 0.6 is 0 Å². The summed E-state index contributed by atoms with van der Waals surface area (Å²) in [7, 11) is -2.14. The first-order valence-electron chi connectivity index (χ1n) is 7.66. The molecule has 126 valence electrons. The van der Waals surface area contributed by atoms with Gasteiger partial charge in [0, 0.05) is 24.2 Å². The molecule has 0 aliphatic carbocycles. The van der Waals surface area contributed by atoms with E-state index in [1.54, 1.807) is 30.6 Å². The van der Waals surface area contributed by atoms with Gasteiger partial charge in [0.25, 0.3) is 0 Å². The largest absolute Gasteiger partial charge is 0.379 e. The van der Waals surface area contributed by atoms with E-state index in [4.69, 9.17) is 4.18 Å². The summed E-state index contributed by atoms with van der Waals surface area (Å²) in [6.07, 6.45) is 1.67. The molecule has 0 bridgehead atoms. The first-order chi connectivity index (χ1) is 11.9. The molecule has 4 aromatic rings. The van der Waals surface area contributed by atoms with Crippen LogP contribution in [0.1, 0.15) is 5.69 Å². The van der Waals surface area contributed by atoms with E-state index < -0.39 is 10.1 Å². The molecular formula is C18H15N3O3S. The average molecular weight is 353 g/mol. The van der Waals surface area contributed by atoms with Gasteiger partial charge in [0.2, 0.25) is 0 Å². The Hall–Kier alpha value is -2.93. The maximum Gasteiger partial charge on any atom is 0.341 e. The summed E-state index contributed by atoms with van der Waals surface area (Å²) in [5.41, 5.74) is 2.71. The molecule has 0 N–H and O–H groups in total. The number of para-hydroxylation sites is 1. The minimum atomic E-state index is -4.02. The third-order valence-corrected chi connectivity index (χ3v) is 5.27. The molecule has 0 saturated heterocycles. The van der Waals surface area contributed by atoms with Crippen LogP contribution < -0.4 is 4.18 Å². The minimum Gasteiger partial charge on any atom is -0.379 e. The van der Waals surface area contributed by atoms with Crippen molar-refractivity contribution in [1.29, 1.82) is 0 Å². The van der Waals surface area contributed by atoms with Crippen molar-refractivity contribution in [3.8, 4) is 5.75 Å². The van der Waals surface area contributed by atoms with E-state index in [2.05, 4.69) is 9.97 Å². The van der Waals surface area contributed by atoms with Crippen LogP contribution in [0.2, 0.25) is 0 Å². The quantitative estimate of drug-likeness (QED) is 0.529. The summed E-state index contributed by atoms with van der Waals surface area (Å²) in [5.74, 6) is 0.218. The number of pyridine rings is 1. The van der Waals surface area contributed by atoms with Gasteiger partial charge in [0.1, 0.15) is 10.6 Å². The first kappa shape index (κ1) is 15.6. The number of aryl methyl sites for hydroxylation is 2. The van der Waals surface area contributed by atoms with Crippen molar-refractivity contribution in [2.24, 2.45) is 7.05 Å². The molecule has 2 aromatic heterocycles. The summed E-state index contributed by atoms with van der Waals surface area (Å²) < 4.78 is 32.7. The van der Waals surface area contributed by atoms with Crippen LogP contribution in [0.5, 0.6) is 5.75 Å². The van der Waals surface area contributed by atoms with Gasteiger partial charge in [-0.2, -0.15) is 8.42 Å². The van der Waals surface area contributed by atoms with Crippen molar-refractivity contribution in [1.82, 2.24) is 14.5 Å². The predicted molar refractivity (Wildman–Crippen MR) is 95.0 cm³/mol. The average Bonchev–Trinajstić information content (AvgIpc) is 2.94. The van der Waals surface area contributed by atoms with E-state index in [0.717, 1.165) is 16.6 Å². The number of fused-ring (bicyclic) bond motifs is 2. The van der Waals surface area contributed by atoms with Crippen LogP contribution in [0.15, 0.2) is 59.8 Å². The second kappa shape index (κ2) is 5.56. The van der Waals surface area contributed by atoms with E-state index >= 15 is 0 Å².